The van der Waals surface area contributed by atoms with Gasteiger partial charge in [-0.1, -0.05) is 6.07 Å². The lowest BCUT2D eigenvalue weighted by Crippen LogP contribution is -2.42. The van der Waals surface area contributed by atoms with Crippen LogP contribution in [0.5, 0.6) is 0 Å². The van der Waals surface area contributed by atoms with Crippen LogP contribution >= 0.6 is 11.3 Å². The van der Waals surface area contributed by atoms with Crippen LogP contribution in [0, 0.1) is 0 Å². The van der Waals surface area contributed by atoms with Crippen LogP contribution in [0.15, 0.2) is 29.8 Å². The Labute approximate surface area is 117 Å². The Bertz CT molecular complexity index is 510. The normalized spacial score (nSPS) is 11.7. The summed E-state index contributed by atoms with van der Waals surface area (Å²) in [7, 11) is 1.71. The van der Waals surface area contributed by atoms with Crippen molar-refractivity contribution in [2.45, 2.75) is 25.9 Å². The highest BCUT2D eigenvalue weighted by Gasteiger charge is 2.17. The summed E-state index contributed by atoms with van der Waals surface area (Å²) in [4.78, 5) is 8.90. The average molecular weight is 277 g/mol. The molecule has 0 bridgehead atoms. The number of thiazole rings is 1. The van der Waals surface area contributed by atoms with E-state index in [-0.39, 0.29) is 5.54 Å². The Morgan fingerprint density at radius 2 is 2.21 bits per heavy atom. The fraction of sp³-hybridized carbons (Fsp3) is 0.429. The van der Waals surface area contributed by atoms with Crippen LogP contribution in [0.4, 0.5) is 0 Å². The Hall–Kier alpha value is -1.30. The van der Waals surface area contributed by atoms with Gasteiger partial charge >= 0.3 is 0 Å². The molecule has 0 unspecified atom stereocenters. The van der Waals surface area contributed by atoms with Gasteiger partial charge in [0.15, 0.2) is 0 Å². The van der Waals surface area contributed by atoms with Crippen LogP contribution in [0.25, 0.3) is 10.7 Å². The van der Waals surface area contributed by atoms with Crippen LogP contribution in [0.2, 0.25) is 0 Å². The second-order valence-electron chi connectivity index (χ2n) is 5.03. The number of nitrogens with one attached hydrogen (secondary N) is 1. The molecule has 0 saturated heterocycles. The van der Waals surface area contributed by atoms with Gasteiger partial charge in [-0.3, -0.25) is 4.98 Å². The van der Waals surface area contributed by atoms with Gasteiger partial charge in [0.1, 0.15) is 5.01 Å². The third kappa shape index (κ3) is 4.09. The van der Waals surface area contributed by atoms with E-state index in [1.54, 1.807) is 24.6 Å². The van der Waals surface area contributed by atoms with Gasteiger partial charge in [-0.15, -0.1) is 11.3 Å². The molecular formula is C14H19N3OS. The lowest BCUT2D eigenvalue weighted by Gasteiger charge is -2.24. The SMILES string of the molecule is COCC(C)(C)NCc1csc(-c2ccccn2)n1. The zero-order valence-electron chi connectivity index (χ0n) is 11.5. The van der Waals surface area contributed by atoms with Crippen molar-refractivity contribution in [1.82, 2.24) is 15.3 Å². The van der Waals surface area contributed by atoms with Crippen LogP contribution in [0.1, 0.15) is 19.5 Å². The summed E-state index contributed by atoms with van der Waals surface area (Å²) in [6.45, 7) is 5.63. The molecule has 1 N–H and O–H groups in total. The van der Waals surface area contributed by atoms with Gasteiger partial charge in [0.2, 0.25) is 0 Å². The molecule has 19 heavy (non-hydrogen) atoms. The van der Waals surface area contributed by atoms with Crippen molar-refractivity contribution < 1.29 is 4.74 Å². The fourth-order valence-electron chi connectivity index (χ4n) is 1.74. The van der Waals surface area contributed by atoms with E-state index < -0.39 is 0 Å². The van der Waals surface area contributed by atoms with E-state index in [0.717, 1.165) is 22.9 Å². The van der Waals surface area contributed by atoms with Gasteiger partial charge < -0.3 is 10.1 Å². The van der Waals surface area contributed by atoms with E-state index in [4.69, 9.17) is 4.74 Å². The predicted octanol–water partition coefficient (Wildman–Crippen LogP) is 2.72. The number of aromatic nitrogens is 2. The summed E-state index contributed by atoms with van der Waals surface area (Å²) in [5.41, 5.74) is 1.91. The van der Waals surface area contributed by atoms with Gasteiger partial charge in [0, 0.05) is 30.8 Å². The number of rotatable bonds is 6. The van der Waals surface area contributed by atoms with E-state index in [1.807, 2.05) is 18.2 Å². The van der Waals surface area contributed by atoms with Gasteiger partial charge in [0.25, 0.3) is 0 Å². The summed E-state index contributed by atoms with van der Waals surface area (Å²) < 4.78 is 5.18. The molecule has 0 atom stereocenters. The lowest BCUT2D eigenvalue weighted by molar-refractivity contribution is 0.127. The largest absolute Gasteiger partial charge is 0.383 e. The molecule has 0 aromatic carbocycles. The highest BCUT2D eigenvalue weighted by Crippen LogP contribution is 2.21. The Balaban J connectivity index is 1.99. The van der Waals surface area contributed by atoms with Crippen molar-refractivity contribution in [3.05, 3.63) is 35.5 Å². The second kappa shape index (κ2) is 6.23. The van der Waals surface area contributed by atoms with Crippen LogP contribution < -0.4 is 5.32 Å². The molecule has 5 heteroatoms. The Morgan fingerprint density at radius 1 is 1.37 bits per heavy atom. The molecule has 102 valence electrons. The standard InChI is InChI=1S/C14H19N3OS/c1-14(2,10-18-3)16-8-11-9-19-13(17-11)12-6-4-5-7-15-12/h4-7,9,16H,8,10H2,1-3H3. The third-order valence-electron chi connectivity index (χ3n) is 2.69. The van der Waals surface area contributed by atoms with Crippen molar-refractivity contribution >= 4 is 11.3 Å². The maximum Gasteiger partial charge on any atom is 0.142 e. The van der Waals surface area contributed by atoms with Crippen molar-refractivity contribution in [3.63, 3.8) is 0 Å². The summed E-state index contributed by atoms with van der Waals surface area (Å²) in [6, 6.07) is 5.86. The predicted molar refractivity (Wildman–Crippen MR) is 78.1 cm³/mol. The zero-order valence-corrected chi connectivity index (χ0v) is 12.3. The van der Waals surface area contributed by atoms with Gasteiger partial charge in [0.05, 0.1) is 18.0 Å². The molecule has 0 fully saturated rings. The topological polar surface area (TPSA) is 47.0 Å². The number of pyridine rings is 1. The van der Waals surface area contributed by atoms with Gasteiger partial charge in [-0.2, -0.15) is 0 Å². The molecule has 0 spiro atoms. The molecule has 0 radical (unpaired) electrons. The minimum atomic E-state index is -0.0521. The number of methoxy groups -OCH3 is 1. The van der Waals surface area contributed by atoms with Crippen molar-refractivity contribution in [2.75, 3.05) is 13.7 Å². The van der Waals surface area contributed by atoms with E-state index in [9.17, 15) is 0 Å². The van der Waals surface area contributed by atoms with Crippen LogP contribution in [0.3, 0.4) is 0 Å². The van der Waals surface area contributed by atoms with Crippen molar-refractivity contribution in [2.24, 2.45) is 0 Å². The lowest BCUT2D eigenvalue weighted by atomic mass is 10.1. The first-order chi connectivity index (χ1) is 9.11. The smallest absolute Gasteiger partial charge is 0.142 e. The molecule has 2 rings (SSSR count). The second-order valence-corrected chi connectivity index (χ2v) is 5.89. The first kappa shape index (κ1) is 14.1. The van der Waals surface area contributed by atoms with Gasteiger partial charge in [-0.25, -0.2) is 4.98 Å². The van der Waals surface area contributed by atoms with Crippen molar-refractivity contribution in [3.8, 4) is 10.7 Å². The van der Waals surface area contributed by atoms with E-state index in [1.165, 1.54) is 0 Å². The molecule has 2 heterocycles. The molecule has 2 aromatic rings. The van der Waals surface area contributed by atoms with E-state index in [2.05, 4.69) is 34.5 Å². The summed E-state index contributed by atoms with van der Waals surface area (Å²) >= 11 is 1.62. The minimum absolute atomic E-state index is 0.0521. The minimum Gasteiger partial charge on any atom is -0.383 e. The summed E-state index contributed by atoms with van der Waals surface area (Å²) in [5.74, 6) is 0. The molecule has 0 amide bonds. The Kier molecular flexibility index (Phi) is 4.63. The molecule has 0 aliphatic heterocycles. The molecule has 2 aromatic heterocycles. The average Bonchev–Trinajstić information content (AvgIpc) is 2.86. The molecule has 0 aliphatic rings. The highest BCUT2D eigenvalue weighted by atomic mass is 32.1. The first-order valence-corrected chi connectivity index (χ1v) is 7.08. The first-order valence-electron chi connectivity index (χ1n) is 6.20. The maximum atomic E-state index is 5.18. The van der Waals surface area contributed by atoms with E-state index >= 15 is 0 Å². The maximum absolute atomic E-state index is 5.18. The van der Waals surface area contributed by atoms with Gasteiger partial charge in [-0.05, 0) is 26.0 Å². The number of hydrogen-bond acceptors (Lipinski definition) is 5. The number of ether oxygens (including phenoxy) is 1. The number of hydrogen-bond donors (Lipinski definition) is 1. The fourth-order valence-corrected chi connectivity index (χ4v) is 2.53. The zero-order chi connectivity index (χ0) is 13.7. The summed E-state index contributed by atoms with van der Waals surface area (Å²) in [5, 5.41) is 6.47. The molecule has 4 nitrogen and oxygen atoms in total. The number of nitrogens with zero attached hydrogens (tertiary/aromatic N) is 2. The van der Waals surface area contributed by atoms with Crippen LogP contribution in [-0.4, -0.2) is 29.2 Å². The Morgan fingerprint density at radius 3 is 2.89 bits per heavy atom. The van der Waals surface area contributed by atoms with E-state index in [0.29, 0.717) is 6.61 Å². The third-order valence-corrected chi connectivity index (χ3v) is 3.60. The molecule has 0 aliphatic carbocycles. The monoisotopic (exact) mass is 277 g/mol. The summed E-state index contributed by atoms with van der Waals surface area (Å²) in [6.07, 6.45) is 1.79. The van der Waals surface area contributed by atoms with Crippen LogP contribution in [-0.2, 0) is 11.3 Å². The molecular weight excluding hydrogens is 258 g/mol. The van der Waals surface area contributed by atoms with Crippen molar-refractivity contribution in [1.29, 1.82) is 0 Å². The highest BCUT2D eigenvalue weighted by molar-refractivity contribution is 7.13. The molecule has 0 saturated carbocycles. The quantitative estimate of drug-likeness (QED) is 0.882.